The van der Waals surface area contributed by atoms with E-state index in [0.29, 0.717) is 11.8 Å². The van der Waals surface area contributed by atoms with Gasteiger partial charge >= 0.3 is 0 Å². The fourth-order valence-electron chi connectivity index (χ4n) is 3.94. The fourth-order valence-corrected chi connectivity index (χ4v) is 4.66. The van der Waals surface area contributed by atoms with Crippen LogP contribution in [0.3, 0.4) is 0 Å². The highest BCUT2D eigenvalue weighted by molar-refractivity contribution is 7.09. The minimum absolute atomic E-state index is 0. The molecule has 0 amide bonds. The van der Waals surface area contributed by atoms with Crippen molar-refractivity contribution in [1.29, 1.82) is 0 Å². The minimum Gasteiger partial charge on any atom is -0.497 e. The fraction of sp³-hybridized carbons (Fsp3) is 0.500. The smallest absolute Gasteiger partial charge is 0.119 e. The van der Waals surface area contributed by atoms with Gasteiger partial charge in [-0.05, 0) is 92.2 Å². The molecule has 2 nitrogen and oxygen atoms in total. The lowest BCUT2D eigenvalue weighted by Crippen LogP contribution is -2.27. The van der Waals surface area contributed by atoms with Gasteiger partial charge in [0.15, 0.2) is 0 Å². The van der Waals surface area contributed by atoms with E-state index >= 15 is 0 Å². The molecule has 2 atom stereocenters. The average Bonchev–Trinajstić information content (AvgIpc) is 3.11. The highest BCUT2D eigenvalue weighted by Crippen LogP contribution is 2.40. The first-order valence-electron chi connectivity index (χ1n) is 8.65. The van der Waals surface area contributed by atoms with Crippen molar-refractivity contribution in [2.24, 2.45) is 5.92 Å². The van der Waals surface area contributed by atoms with Crippen LogP contribution in [0, 0.1) is 5.92 Å². The summed E-state index contributed by atoms with van der Waals surface area (Å²) in [5, 5.41) is 5.61. The molecule has 4 heteroatoms. The van der Waals surface area contributed by atoms with Crippen LogP contribution in [0.4, 0.5) is 0 Å². The Labute approximate surface area is 156 Å². The number of nitrogens with one attached hydrogen (secondary N) is 1. The number of methoxy groups -OCH3 is 1. The molecule has 2 unspecified atom stereocenters. The monoisotopic (exact) mass is 365 g/mol. The van der Waals surface area contributed by atoms with Crippen LogP contribution in [-0.4, -0.2) is 20.7 Å². The first-order valence-corrected chi connectivity index (χ1v) is 9.53. The second-order valence-corrected chi connectivity index (χ2v) is 7.53. The zero-order chi connectivity index (χ0) is 16.1. The topological polar surface area (TPSA) is 21.3 Å². The number of thiophene rings is 1. The molecule has 24 heavy (non-hydrogen) atoms. The number of benzene rings is 1. The highest BCUT2D eigenvalue weighted by Gasteiger charge is 2.27. The van der Waals surface area contributed by atoms with Gasteiger partial charge in [-0.25, -0.2) is 0 Å². The van der Waals surface area contributed by atoms with Gasteiger partial charge < -0.3 is 10.1 Å². The third-order valence-corrected chi connectivity index (χ3v) is 6.02. The van der Waals surface area contributed by atoms with Gasteiger partial charge in [0.25, 0.3) is 0 Å². The number of rotatable bonds is 7. The Kier molecular flexibility index (Phi) is 7.60. The van der Waals surface area contributed by atoms with Gasteiger partial charge in [-0.15, -0.1) is 23.7 Å². The van der Waals surface area contributed by atoms with Gasteiger partial charge in [0.2, 0.25) is 0 Å². The van der Waals surface area contributed by atoms with Gasteiger partial charge in [0.1, 0.15) is 5.75 Å². The molecule has 0 saturated carbocycles. The Morgan fingerprint density at radius 1 is 1.33 bits per heavy atom. The summed E-state index contributed by atoms with van der Waals surface area (Å²) in [5.41, 5.74) is 3.06. The summed E-state index contributed by atoms with van der Waals surface area (Å²) in [6, 6.07) is 11.1. The van der Waals surface area contributed by atoms with Gasteiger partial charge in [0, 0.05) is 4.88 Å². The van der Waals surface area contributed by atoms with E-state index in [4.69, 9.17) is 4.74 Å². The van der Waals surface area contributed by atoms with Crippen LogP contribution >= 0.6 is 23.7 Å². The Bertz CT molecular complexity index is 614. The lowest BCUT2D eigenvalue weighted by molar-refractivity contribution is 0.347. The predicted octanol–water partition coefficient (Wildman–Crippen LogP) is 5.07. The first kappa shape index (κ1) is 19.3. The van der Waals surface area contributed by atoms with Crippen molar-refractivity contribution in [1.82, 2.24) is 5.32 Å². The molecule has 1 N–H and O–H groups in total. The summed E-state index contributed by atoms with van der Waals surface area (Å²) in [4.78, 5) is 1.51. The molecule has 1 heterocycles. The molecule has 0 aliphatic heterocycles. The molecule has 1 aromatic carbocycles. The maximum Gasteiger partial charge on any atom is 0.119 e. The summed E-state index contributed by atoms with van der Waals surface area (Å²) >= 11 is 1.88. The zero-order valence-electron chi connectivity index (χ0n) is 14.6. The van der Waals surface area contributed by atoms with Crippen molar-refractivity contribution in [2.75, 3.05) is 20.7 Å². The molecule has 0 bridgehead atoms. The second kappa shape index (κ2) is 9.45. The van der Waals surface area contributed by atoms with Gasteiger partial charge in [-0.3, -0.25) is 0 Å². The molecule has 132 valence electrons. The Morgan fingerprint density at radius 3 is 2.92 bits per heavy atom. The number of hydrogen-bond donors (Lipinski definition) is 1. The summed E-state index contributed by atoms with van der Waals surface area (Å²) in [7, 11) is 3.84. The number of aryl methyl sites for hydroxylation is 2. The summed E-state index contributed by atoms with van der Waals surface area (Å²) in [6.45, 7) is 1.10. The number of halogens is 1. The van der Waals surface area contributed by atoms with Crippen LogP contribution in [0.25, 0.3) is 0 Å². The Balaban J connectivity index is 0.00000208. The molecule has 1 aromatic heterocycles. The van der Waals surface area contributed by atoms with E-state index in [0.717, 1.165) is 12.3 Å². The first-order chi connectivity index (χ1) is 11.3. The van der Waals surface area contributed by atoms with Crippen molar-refractivity contribution in [2.45, 2.75) is 38.0 Å². The van der Waals surface area contributed by atoms with E-state index in [1.807, 2.05) is 11.3 Å². The second-order valence-electron chi connectivity index (χ2n) is 6.50. The van der Waals surface area contributed by atoms with Crippen molar-refractivity contribution in [3.8, 4) is 5.75 Å². The van der Waals surface area contributed by atoms with E-state index in [1.54, 1.807) is 12.7 Å². The van der Waals surface area contributed by atoms with Crippen molar-refractivity contribution in [3.05, 3.63) is 51.7 Å². The van der Waals surface area contributed by atoms with Crippen LogP contribution in [-0.2, 0) is 12.8 Å². The van der Waals surface area contributed by atoms with Gasteiger partial charge in [0.05, 0.1) is 7.11 Å². The van der Waals surface area contributed by atoms with Gasteiger partial charge in [-0.1, -0.05) is 12.1 Å². The molecule has 0 fully saturated rings. The van der Waals surface area contributed by atoms with Crippen LogP contribution < -0.4 is 10.1 Å². The predicted molar refractivity (Wildman–Crippen MR) is 106 cm³/mol. The number of ether oxygens (including phenoxy) is 1. The van der Waals surface area contributed by atoms with Gasteiger partial charge in [-0.2, -0.15) is 0 Å². The van der Waals surface area contributed by atoms with E-state index in [1.165, 1.54) is 42.5 Å². The molecule has 0 spiro atoms. The summed E-state index contributed by atoms with van der Waals surface area (Å²) in [6.07, 6.45) is 6.27. The maximum atomic E-state index is 5.41. The van der Waals surface area contributed by atoms with Crippen molar-refractivity contribution < 1.29 is 4.74 Å². The number of hydrogen-bond acceptors (Lipinski definition) is 3. The quantitative estimate of drug-likeness (QED) is 0.739. The minimum atomic E-state index is 0. The van der Waals surface area contributed by atoms with Crippen molar-refractivity contribution in [3.63, 3.8) is 0 Å². The molecular formula is C20H28ClNOS. The Morgan fingerprint density at radius 2 is 2.21 bits per heavy atom. The average molecular weight is 366 g/mol. The maximum absolute atomic E-state index is 5.41. The largest absolute Gasteiger partial charge is 0.497 e. The van der Waals surface area contributed by atoms with Crippen LogP contribution in [0.15, 0.2) is 35.7 Å². The molecule has 3 rings (SSSR count). The lowest BCUT2D eigenvalue weighted by Gasteiger charge is -2.33. The standard InChI is InChI=1S/C20H27NOS.ClH/c1-21-14-16(8-10-18-6-4-12-23-18)19-7-3-5-15-13-17(22-2)9-11-20(15)19;/h4,6,9,11-13,16,19,21H,3,5,7-8,10,14H2,1-2H3;1H. The molecule has 0 saturated heterocycles. The molecule has 1 aliphatic carbocycles. The van der Waals surface area contributed by atoms with Crippen LogP contribution in [0.2, 0.25) is 0 Å². The van der Waals surface area contributed by atoms with Crippen molar-refractivity contribution >= 4 is 23.7 Å². The third-order valence-electron chi connectivity index (χ3n) is 5.09. The molecule has 0 radical (unpaired) electrons. The lowest BCUT2D eigenvalue weighted by atomic mass is 9.74. The zero-order valence-corrected chi connectivity index (χ0v) is 16.2. The molecular weight excluding hydrogens is 338 g/mol. The Hall–Kier alpha value is -1.03. The summed E-state index contributed by atoms with van der Waals surface area (Å²) in [5.74, 6) is 2.37. The number of fused-ring (bicyclic) bond motifs is 1. The normalized spacial score (nSPS) is 17.7. The SMILES string of the molecule is CNCC(CCc1cccs1)C1CCCc2cc(OC)ccc21.Cl. The van der Waals surface area contributed by atoms with E-state index in [-0.39, 0.29) is 12.4 Å². The molecule has 2 aromatic rings. The summed E-state index contributed by atoms with van der Waals surface area (Å²) < 4.78 is 5.41. The van der Waals surface area contributed by atoms with Crippen LogP contribution in [0.1, 0.15) is 41.2 Å². The van der Waals surface area contributed by atoms with Crippen LogP contribution in [0.5, 0.6) is 5.75 Å². The third kappa shape index (κ3) is 4.53. The molecule has 1 aliphatic rings. The van der Waals surface area contributed by atoms with E-state index < -0.39 is 0 Å². The van der Waals surface area contributed by atoms with E-state index in [9.17, 15) is 0 Å². The highest BCUT2D eigenvalue weighted by atomic mass is 35.5. The van der Waals surface area contributed by atoms with E-state index in [2.05, 4.69) is 48.1 Å².